The van der Waals surface area contributed by atoms with Crippen LogP contribution >= 0.6 is 22.9 Å². The van der Waals surface area contributed by atoms with Crippen molar-refractivity contribution in [3.8, 4) is 0 Å². The monoisotopic (exact) mass is 284 g/mol. The average molecular weight is 285 g/mol. The molecule has 3 rings (SSSR count). The Kier molecular flexibility index (Phi) is 2.87. The molecule has 0 radical (unpaired) electrons. The van der Waals surface area contributed by atoms with Crippen LogP contribution in [0.3, 0.4) is 0 Å². The molecule has 0 bridgehead atoms. The fourth-order valence-corrected chi connectivity index (χ4v) is 3.68. The third kappa shape index (κ3) is 2.03. The molecule has 2 unspecified atom stereocenters. The van der Waals surface area contributed by atoms with Gasteiger partial charge in [-0.3, -0.25) is 0 Å². The highest BCUT2D eigenvalue weighted by molar-refractivity contribution is 7.16. The van der Waals surface area contributed by atoms with Gasteiger partial charge in [0.05, 0.1) is 15.5 Å². The van der Waals surface area contributed by atoms with Crippen LogP contribution in [0.5, 0.6) is 0 Å². The van der Waals surface area contributed by atoms with Crippen LogP contribution in [0, 0.1) is 0 Å². The Morgan fingerprint density at radius 1 is 1.22 bits per heavy atom. The molecule has 1 aliphatic heterocycles. The van der Waals surface area contributed by atoms with Crippen molar-refractivity contribution in [2.24, 2.45) is 0 Å². The predicted molar refractivity (Wildman–Crippen MR) is 76.5 cm³/mol. The number of halogens is 1. The lowest BCUT2D eigenvalue weighted by molar-refractivity contribution is 0.00578. The summed E-state index contributed by atoms with van der Waals surface area (Å²) in [4.78, 5) is 1.36. The summed E-state index contributed by atoms with van der Waals surface area (Å²) in [6, 6.07) is 4.10. The molecule has 1 aliphatic carbocycles. The van der Waals surface area contributed by atoms with Crippen LogP contribution in [0.4, 0.5) is 0 Å². The highest BCUT2D eigenvalue weighted by atomic mass is 35.5. The summed E-state index contributed by atoms with van der Waals surface area (Å²) in [5, 5.41) is 0. The van der Waals surface area contributed by atoms with E-state index in [2.05, 4.69) is 33.8 Å². The van der Waals surface area contributed by atoms with Gasteiger partial charge in [0.1, 0.15) is 0 Å². The van der Waals surface area contributed by atoms with E-state index in [1.54, 1.807) is 11.3 Å². The Hall–Kier alpha value is -0.0251. The molecule has 2 atom stereocenters. The van der Waals surface area contributed by atoms with Gasteiger partial charge in [-0.05, 0) is 52.2 Å². The molecule has 2 nitrogen and oxygen atoms in total. The fraction of sp³-hybridized carbons (Fsp3) is 0.692. The smallest absolute Gasteiger partial charge is 0.403 e. The van der Waals surface area contributed by atoms with Crippen molar-refractivity contribution in [2.45, 2.75) is 57.1 Å². The minimum atomic E-state index is -0.224. The van der Waals surface area contributed by atoms with E-state index in [4.69, 9.17) is 20.9 Å². The summed E-state index contributed by atoms with van der Waals surface area (Å²) < 4.78 is 13.1. The molecule has 5 heteroatoms. The van der Waals surface area contributed by atoms with Gasteiger partial charge in [-0.15, -0.1) is 11.3 Å². The summed E-state index contributed by atoms with van der Waals surface area (Å²) >= 11 is 7.66. The Morgan fingerprint density at radius 3 is 2.33 bits per heavy atom. The van der Waals surface area contributed by atoms with Gasteiger partial charge in [-0.1, -0.05) is 11.6 Å². The zero-order valence-electron chi connectivity index (χ0n) is 11.2. The molecule has 1 aromatic heterocycles. The molecule has 2 aliphatic rings. The molecule has 2 fully saturated rings. The van der Waals surface area contributed by atoms with Gasteiger partial charge in [0.2, 0.25) is 0 Å². The van der Waals surface area contributed by atoms with E-state index in [1.807, 2.05) is 6.07 Å². The average Bonchev–Trinajstić information content (AvgIpc) is 2.87. The van der Waals surface area contributed by atoms with E-state index in [1.165, 1.54) is 4.88 Å². The van der Waals surface area contributed by atoms with E-state index in [-0.39, 0.29) is 18.3 Å². The maximum Gasteiger partial charge on any atom is 0.461 e. The van der Waals surface area contributed by atoms with Gasteiger partial charge in [0.15, 0.2) is 0 Å². The van der Waals surface area contributed by atoms with Crippen molar-refractivity contribution < 1.29 is 9.31 Å². The first-order valence-corrected chi connectivity index (χ1v) is 7.60. The van der Waals surface area contributed by atoms with Gasteiger partial charge in [-0.2, -0.15) is 0 Å². The molecule has 1 aromatic rings. The van der Waals surface area contributed by atoms with Crippen molar-refractivity contribution in [3.05, 3.63) is 21.3 Å². The lowest BCUT2D eigenvalue weighted by Gasteiger charge is -2.32. The molecule has 0 amide bonds. The quantitative estimate of drug-likeness (QED) is 0.752. The standard InChI is InChI=1S/C13H18BClO2S/c1-12(2)13(3,4)17-14(16-12)9-7-8(9)10-5-6-11(15)18-10/h5-6,8-9H,7H2,1-4H3. The van der Waals surface area contributed by atoms with Crippen LogP contribution in [-0.2, 0) is 9.31 Å². The van der Waals surface area contributed by atoms with Crippen molar-refractivity contribution >= 4 is 30.1 Å². The Labute approximate surface area is 118 Å². The zero-order valence-corrected chi connectivity index (χ0v) is 12.8. The normalized spacial score (nSPS) is 32.8. The van der Waals surface area contributed by atoms with Crippen molar-refractivity contribution in [3.63, 3.8) is 0 Å². The summed E-state index contributed by atoms with van der Waals surface area (Å²) in [5.41, 5.74) is -0.449. The van der Waals surface area contributed by atoms with E-state index in [0.29, 0.717) is 11.7 Å². The molecule has 0 spiro atoms. The maximum absolute atomic E-state index is 6.10. The molecular formula is C13H18BClO2S. The third-order valence-electron chi connectivity index (χ3n) is 4.42. The molecule has 1 saturated heterocycles. The van der Waals surface area contributed by atoms with Gasteiger partial charge in [0, 0.05) is 10.7 Å². The summed E-state index contributed by atoms with van der Waals surface area (Å²) in [6.45, 7) is 8.41. The second-order valence-corrected chi connectivity index (χ2v) is 8.02. The second kappa shape index (κ2) is 3.98. The Morgan fingerprint density at radius 2 is 1.83 bits per heavy atom. The number of hydrogen-bond donors (Lipinski definition) is 0. The minimum Gasteiger partial charge on any atom is -0.403 e. The van der Waals surface area contributed by atoms with Crippen LogP contribution in [0.25, 0.3) is 0 Å². The first-order chi connectivity index (χ1) is 8.30. The Bertz CT molecular complexity index is 455. The van der Waals surface area contributed by atoms with E-state index >= 15 is 0 Å². The van der Waals surface area contributed by atoms with Gasteiger partial charge in [0.25, 0.3) is 0 Å². The number of rotatable bonds is 2. The van der Waals surface area contributed by atoms with Gasteiger partial charge < -0.3 is 9.31 Å². The predicted octanol–water partition coefficient (Wildman–Crippen LogP) is 4.35. The topological polar surface area (TPSA) is 18.5 Å². The molecular weight excluding hydrogens is 266 g/mol. The highest BCUT2D eigenvalue weighted by Crippen LogP contribution is 2.59. The third-order valence-corrected chi connectivity index (χ3v) is 5.78. The minimum absolute atomic E-state index is 0.0686. The van der Waals surface area contributed by atoms with Gasteiger partial charge in [-0.25, -0.2) is 0 Å². The lowest BCUT2D eigenvalue weighted by atomic mass is 9.80. The second-order valence-electron chi connectivity index (χ2n) is 6.27. The van der Waals surface area contributed by atoms with Crippen LogP contribution < -0.4 is 0 Å². The molecule has 1 saturated carbocycles. The molecule has 2 heterocycles. The first-order valence-electron chi connectivity index (χ1n) is 6.41. The highest BCUT2D eigenvalue weighted by Gasteiger charge is 2.60. The first kappa shape index (κ1) is 13.0. The number of thiophene rings is 1. The van der Waals surface area contributed by atoms with Crippen molar-refractivity contribution in [1.82, 2.24) is 0 Å². The van der Waals surface area contributed by atoms with Crippen LogP contribution in [0.1, 0.15) is 44.9 Å². The molecule has 0 N–H and O–H groups in total. The van der Waals surface area contributed by atoms with Crippen molar-refractivity contribution in [2.75, 3.05) is 0 Å². The van der Waals surface area contributed by atoms with E-state index < -0.39 is 0 Å². The van der Waals surface area contributed by atoms with Crippen LogP contribution in [-0.4, -0.2) is 18.3 Å². The summed E-state index contributed by atoms with van der Waals surface area (Å²) in [5.74, 6) is 1.05. The van der Waals surface area contributed by atoms with Crippen molar-refractivity contribution in [1.29, 1.82) is 0 Å². The number of hydrogen-bond acceptors (Lipinski definition) is 3. The largest absolute Gasteiger partial charge is 0.461 e. The lowest BCUT2D eigenvalue weighted by Crippen LogP contribution is -2.41. The summed E-state index contributed by atoms with van der Waals surface area (Å²) in [7, 11) is -0.0686. The van der Waals surface area contributed by atoms with Crippen LogP contribution in [0.15, 0.2) is 12.1 Å². The Balaban J connectivity index is 1.70. The summed E-state index contributed by atoms with van der Waals surface area (Å²) in [6.07, 6.45) is 1.15. The van der Waals surface area contributed by atoms with Gasteiger partial charge >= 0.3 is 7.12 Å². The zero-order chi connectivity index (χ0) is 13.1. The molecule has 0 aromatic carbocycles. The maximum atomic E-state index is 6.10. The van der Waals surface area contributed by atoms with E-state index in [0.717, 1.165) is 10.8 Å². The molecule has 18 heavy (non-hydrogen) atoms. The van der Waals surface area contributed by atoms with E-state index in [9.17, 15) is 0 Å². The fourth-order valence-electron chi connectivity index (χ4n) is 2.43. The molecule has 98 valence electrons. The van der Waals surface area contributed by atoms with Crippen LogP contribution in [0.2, 0.25) is 10.2 Å². The SMILES string of the molecule is CC1(C)OB(C2CC2c2ccc(Cl)s2)OC1(C)C.